The Bertz CT molecular complexity index is 352. The van der Waals surface area contributed by atoms with Crippen LogP contribution in [0.15, 0.2) is 0 Å². The molecule has 1 aliphatic heterocycles. The minimum absolute atomic E-state index is 0.0699. The molecule has 0 aliphatic carbocycles. The number of carbonyl (C=O) groups is 2. The molecule has 6 heteroatoms. The van der Waals surface area contributed by atoms with Gasteiger partial charge < -0.3 is 16.4 Å². The van der Waals surface area contributed by atoms with Crippen molar-refractivity contribution in [2.24, 2.45) is 16.9 Å². The van der Waals surface area contributed by atoms with Crippen molar-refractivity contribution in [3.05, 3.63) is 0 Å². The summed E-state index contributed by atoms with van der Waals surface area (Å²) in [5.41, 5.74) is 11.2. The van der Waals surface area contributed by atoms with Gasteiger partial charge in [0.05, 0.1) is 6.54 Å². The summed E-state index contributed by atoms with van der Waals surface area (Å²) in [6, 6.07) is -0.139. The van der Waals surface area contributed by atoms with Gasteiger partial charge in [0.25, 0.3) is 0 Å². The van der Waals surface area contributed by atoms with E-state index in [4.69, 9.17) is 11.5 Å². The Balaban J connectivity index is 2.48. The van der Waals surface area contributed by atoms with Crippen LogP contribution in [-0.4, -0.2) is 60.4 Å². The van der Waals surface area contributed by atoms with Crippen LogP contribution in [-0.2, 0) is 9.59 Å². The lowest BCUT2D eigenvalue weighted by Crippen LogP contribution is -2.43. The topological polar surface area (TPSA) is 92.7 Å². The van der Waals surface area contributed by atoms with Crippen molar-refractivity contribution in [1.29, 1.82) is 0 Å². The van der Waals surface area contributed by atoms with E-state index < -0.39 is 0 Å². The van der Waals surface area contributed by atoms with E-state index in [1.54, 1.807) is 0 Å². The summed E-state index contributed by atoms with van der Waals surface area (Å²) in [4.78, 5) is 27.1. The van der Waals surface area contributed by atoms with E-state index in [0.29, 0.717) is 19.5 Å². The number of nitrogens with two attached hydrogens (primary N) is 2. The predicted octanol–water partition coefficient (Wildman–Crippen LogP) is -0.230. The molecule has 1 fully saturated rings. The van der Waals surface area contributed by atoms with Gasteiger partial charge in [0.15, 0.2) is 0 Å². The normalized spacial score (nSPS) is 19.5. The smallest absolute Gasteiger partial charge is 0.231 e. The molecule has 0 saturated carbocycles. The first-order valence-corrected chi connectivity index (χ1v) is 7.24. The first-order chi connectivity index (χ1) is 9.20. The van der Waals surface area contributed by atoms with Crippen molar-refractivity contribution in [2.75, 3.05) is 32.7 Å². The summed E-state index contributed by atoms with van der Waals surface area (Å²) in [7, 11) is 0. The van der Waals surface area contributed by atoms with Crippen LogP contribution in [0.5, 0.6) is 0 Å². The Morgan fingerprint density at radius 1 is 1.15 bits per heavy atom. The first-order valence-electron chi connectivity index (χ1n) is 7.24. The molecular weight excluding hydrogens is 256 g/mol. The van der Waals surface area contributed by atoms with Crippen LogP contribution < -0.4 is 11.5 Å². The SMILES string of the molecule is CC(C)(C)C(N)CC(=O)N1CCCN(CC(N)=O)CC1. The lowest BCUT2D eigenvalue weighted by Gasteiger charge is -2.29. The van der Waals surface area contributed by atoms with Gasteiger partial charge in [0.2, 0.25) is 11.8 Å². The van der Waals surface area contributed by atoms with E-state index in [1.807, 2.05) is 30.6 Å². The number of hydrogen-bond acceptors (Lipinski definition) is 4. The summed E-state index contributed by atoms with van der Waals surface area (Å²) in [5, 5.41) is 0. The fourth-order valence-corrected chi connectivity index (χ4v) is 2.22. The summed E-state index contributed by atoms with van der Waals surface area (Å²) in [5.74, 6) is -0.215. The number of amides is 2. The van der Waals surface area contributed by atoms with Gasteiger partial charge in [-0.2, -0.15) is 0 Å². The summed E-state index contributed by atoms with van der Waals surface area (Å²) in [6.45, 7) is 9.26. The lowest BCUT2D eigenvalue weighted by atomic mass is 9.85. The quantitative estimate of drug-likeness (QED) is 0.746. The van der Waals surface area contributed by atoms with Gasteiger partial charge >= 0.3 is 0 Å². The van der Waals surface area contributed by atoms with Gasteiger partial charge in [-0.15, -0.1) is 0 Å². The molecule has 6 nitrogen and oxygen atoms in total. The van der Waals surface area contributed by atoms with Crippen LogP contribution in [0.2, 0.25) is 0 Å². The molecule has 2 amide bonds. The van der Waals surface area contributed by atoms with Crippen molar-refractivity contribution in [3.63, 3.8) is 0 Å². The minimum Gasteiger partial charge on any atom is -0.369 e. The third-order valence-electron chi connectivity index (χ3n) is 3.83. The number of carbonyl (C=O) groups excluding carboxylic acids is 2. The molecular formula is C14H28N4O2. The van der Waals surface area contributed by atoms with Crippen molar-refractivity contribution in [1.82, 2.24) is 9.80 Å². The van der Waals surface area contributed by atoms with E-state index in [9.17, 15) is 9.59 Å². The second-order valence-electron chi connectivity index (χ2n) is 6.65. The summed E-state index contributed by atoms with van der Waals surface area (Å²) >= 11 is 0. The number of hydrogen-bond donors (Lipinski definition) is 2. The number of nitrogens with zero attached hydrogens (tertiary/aromatic N) is 2. The van der Waals surface area contributed by atoms with Gasteiger partial charge in [-0.05, 0) is 11.8 Å². The van der Waals surface area contributed by atoms with Crippen molar-refractivity contribution in [2.45, 2.75) is 39.7 Å². The molecule has 20 heavy (non-hydrogen) atoms. The highest BCUT2D eigenvalue weighted by atomic mass is 16.2. The third kappa shape index (κ3) is 5.46. The zero-order valence-electron chi connectivity index (χ0n) is 12.9. The van der Waals surface area contributed by atoms with Gasteiger partial charge in [-0.25, -0.2) is 0 Å². The standard InChI is InChI=1S/C14H28N4O2/c1-14(2,3)11(15)9-13(20)18-6-4-5-17(7-8-18)10-12(16)19/h11H,4-10,15H2,1-3H3,(H2,16,19). The largest absolute Gasteiger partial charge is 0.369 e. The molecule has 1 aliphatic rings. The molecule has 0 bridgehead atoms. The molecule has 4 N–H and O–H groups in total. The Labute approximate surface area is 121 Å². The van der Waals surface area contributed by atoms with Crippen LogP contribution >= 0.6 is 0 Å². The highest BCUT2D eigenvalue weighted by Gasteiger charge is 2.26. The second-order valence-corrected chi connectivity index (χ2v) is 6.65. The van der Waals surface area contributed by atoms with Crippen LogP contribution in [0.25, 0.3) is 0 Å². The maximum absolute atomic E-state index is 12.3. The fraction of sp³-hybridized carbons (Fsp3) is 0.857. The Kier molecular flexibility index (Phi) is 5.95. The lowest BCUT2D eigenvalue weighted by molar-refractivity contribution is -0.132. The maximum Gasteiger partial charge on any atom is 0.231 e. The van der Waals surface area contributed by atoms with E-state index in [2.05, 4.69) is 0 Å². The van der Waals surface area contributed by atoms with Crippen LogP contribution in [0.3, 0.4) is 0 Å². The zero-order valence-corrected chi connectivity index (χ0v) is 12.9. The third-order valence-corrected chi connectivity index (χ3v) is 3.83. The molecule has 0 spiro atoms. The van der Waals surface area contributed by atoms with Crippen LogP contribution in [0.1, 0.15) is 33.6 Å². The molecule has 0 aromatic heterocycles. The fourth-order valence-electron chi connectivity index (χ4n) is 2.22. The van der Waals surface area contributed by atoms with Gasteiger partial charge in [0.1, 0.15) is 0 Å². The first kappa shape index (κ1) is 16.9. The van der Waals surface area contributed by atoms with E-state index >= 15 is 0 Å². The van der Waals surface area contributed by atoms with E-state index in [-0.39, 0.29) is 29.8 Å². The van der Waals surface area contributed by atoms with Crippen molar-refractivity contribution >= 4 is 11.8 Å². The summed E-state index contributed by atoms with van der Waals surface area (Å²) < 4.78 is 0. The monoisotopic (exact) mass is 284 g/mol. The molecule has 1 rings (SSSR count). The summed E-state index contributed by atoms with van der Waals surface area (Å²) in [6.07, 6.45) is 1.24. The highest BCUT2D eigenvalue weighted by molar-refractivity contribution is 5.77. The van der Waals surface area contributed by atoms with Crippen LogP contribution in [0.4, 0.5) is 0 Å². The molecule has 1 saturated heterocycles. The zero-order chi connectivity index (χ0) is 15.3. The van der Waals surface area contributed by atoms with Gasteiger partial charge in [-0.1, -0.05) is 20.8 Å². The minimum atomic E-state index is -0.320. The highest BCUT2D eigenvalue weighted by Crippen LogP contribution is 2.20. The molecule has 0 radical (unpaired) electrons. The van der Waals surface area contributed by atoms with Crippen molar-refractivity contribution < 1.29 is 9.59 Å². The Morgan fingerprint density at radius 3 is 2.35 bits per heavy atom. The molecule has 0 aromatic rings. The average Bonchev–Trinajstić information content (AvgIpc) is 2.52. The number of primary amides is 1. The Morgan fingerprint density at radius 2 is 1.80 bits per heavy atom. The van der Waals surface area contributed by atoms with Crippen molar-refractivity contribution in [3.8, 4) is 0 Å². The average molecular weight is 284 g/mol. The Hall–Kier alpha value is -1.14. The molecule has 1 atom stereocenters. The molecule has 0 aromatic carbocycles. The van der Waals surface area contributed by atoms with E-state index in [1.165, 1.54) is 0 Å². The molecule has 1 unspecified atom stereocenters. The number of rotatable bonds is 4. The molecule has 116 valence electrons. The van der Waals surface area contributed by atoms with E-state index in [0.717, 1.165) is 19.5 Å². The van der Waals surface area contributed by atoms with Crippen LogP contribution in [0, 0.1) is 5.41 Å². The second kappa shape index (κ2) is 7.04. The molecule has 1 heterocycles. The maximum atomic E-state index is 12.3. The van der Waals surface area contributed by atoms with Gasteiger partial charge in [0, 0.05) is 38.6 Å². The van der Waals surface area contributed by atoms with Gasteiger partial charge in [-0.3, -0.25) is 14.5 Å². The predicted molar refractivity (Wildman–Crippen MR) is 78.9 cm³/mol.